The van der Waals surface area contributed by atoms with Gasteiger partial charge in [-0.05, 0) is 47.7 Å². The van der Waals surface area contributed by atoms with Gasteiger partial charge in [-0.1, -0.05) is 72.8 Å². The highest BCUT2D eigenvalue weighted by atomic mass is 28.4. The number of carbonyl (C=O) groups excluding carboxylic acids is 3. The molecule has 0 amide bonds. The number of esters is 1. The average Bonchev–Trinajstić information content (AvgIpc) is 2.85. The fourth-order valence-electron chi connectivity index (χ4n) is 4.04. The summed E-state index contributed by atoms with van der Waals surface area (Å²) in [7, 11) is -1.34. The molecule has 0 spiro atoms. The Morgan fingerprint density at radius 1 is 1.02 bits per heavy atom. The van der Waals surface area contributed by atoms with Crippen molar-refractivity contribution < 1.29 is 33.0 Å². The molecule has 0 fully saturated rings. The number of ether oxygens (including phenoxy) is 1. The van der Waals surface area contributed by atoms with Crippen LogP contribution < -0.4 is 0 Å². The molecule has 1 unspecified atom stereocenters. The fraction of sp³-hybridized carbons (Fsp3) is 0.500. The lowest BCUT2D eigenvalue weighted by atomic mass is 9.86. The van der Waals surface area contributed by atoms with Crippen LogP contribution in [0.2, 0.25) is 18.1 Å². The molecule has 41 heavy (non-hydrogen) atoms. The van der Waals surface area contributed by atoms with E-state index in [0.29, 0.717) is 33.6 Å². The quantitative estimate of drug-likeness (QED) is 0.169. The normalized spacial score (nSPS) is 13.1. The molecular formula is C32H44FNO6Si. The first-order valence-electron chi connectivity index (χ1n) is 13.9. The van der Waals surface area contributed by atoms with Gasteiger partial charge in [0.2, 0.25) is 0 Å². The minimum atomic E-state index is -2.54. The van der Waals surface area contributed by atoms with Gasteiger partial charge in [0.25, 0.3) is 8.32 Å². The van der Waals surface area contributed by atoms with E-state index in [4.69, 9.17) is 9.41 Å². The minimum absolute atomic E-state index is 0.0742. The van der Waals surface area contributed by atoms with Crippen LogP contribution in [0.15, 0.2) is 30.3 Å². The van der Waals surface area contributed by atoms with Crippen LogP contribution in [0.3, 0.4) is 0 Å². The van der Waals surface area contributed by atoms with Crippen LogP contribution in [0.25, 0.3) is 17.2 Å². The molecule has 0 saturated heterocycles. The van der Waals surface area contributed by atoms with Crippen molar-refractivity contribution in [1.29, 1.82) is 0 Å². The summed E-state index contributed by atoms with van der Waals surface area (Å²) in [5.74, 6) is -2.26. The number of Topliss-reactive ketones (excluding diaryl/α,β-unsaturated/α-hetero) is 1. The lowest BCUT2D eigenvalue weighted by Crippen LogP contribution is -2.43. The summed E-state index contributed by atoms with van der Waals surface area (Å²) in [5, 5.41) is 10.4. The molecule has 7 nitrogen and oxygen atoms in total. The summed E-state index contributed by atoms with van der Waals surface area (Å²) in [6, 6.07) is 5.87. The van der Waals surface area contributed by atoms with Gasteiger partial charge >= 0.3 is 11.9 Å². The van der Waals surface area contributed by atoms with Gasteiger partial charge in [0.05, 0.1) is 30.2 Å². The highest BCUT2D eigenvalue weighted by Gasteiger charge is 2.42. The first-order valence-corrected chi connectivity index (χ1v) is 16.8. The third-order valence-corrected chi connectivity index (χ3v) is 11.7. The molecule has 0 aliphatic heterocycles. The molecule has 0 aliphatic carbocycles. The Labute approximate surface area is 244 Å². The van der Waals surface area contributed by atoms with E-state index in [9.17, 15) is 23.9 Å². The maximum absolute atomic E-state index is 14.1. The van der Waals surface area contributed by atoms with E-state index in [2.05, 4.69) is 4.74 Å². The van der Waals surface area contributed by atoms with E-state index in [1.807, 2.05) is 61.6 Å². The zero-order chi connectivity index (χ0) is 31.3. The number of aromatic nitrogens is 1. The maximum Gasteiger partial charge on any atom is 0.327 e. The fourth-order valence-corrected chi connectivity index (χ4v) is 4.91. The van der Waals surface area contributed by atoms with Crippen molar-refractivity contribution in [1.82, 2.24) is 4.98 Å². The molecule has 1 aromatic carbocycles. The van der Waals surface area contributed by atoms with Gasteiger partial charge in [-0.15, -0.1) is 0 Å². The number of aliphatic hydroxyl groups excluding tert-OH is 1. The second-order valence-electron chi connectivity index (χ2n) is 12.4. The summed E-state index contributed by atoms with van der Waals surface area (Å²) in [6.07, 6.45) is 1.17. The van der Waals surface area contributed by atoms with Gasteiger partial charge in [-0.25, -0.2) is 9.18 Å². The molecule has 2 rings (SSSR count). The number of halogens is 1. The molecule has 0 bridgehead atoms. The SMILES string of the molecule is COC(=O)CC(=O)CC(O)/C=C/c1c(C(C)C)nc(C(C)C)c(C(=O)O[Si](C)(C)C(C)(C)C)c1-c1ccc(F)cc1. The van der Waals surface area contributed by atoms with E-state index in [-0.39, 0.29) is 23.3 Å². The first-order chi connectivity index (χ1) is 18.9. The number of rotatable bonds is 11. The average molecular weight is 586 g/mol. The zero-order valence-electron chi connectivity index (χ0n) is 25.9. The summed E-state index contributed by atoms with van der Waals surface area (Å²) < 4.78 is 24.8. The number of benzene rings is 1. The molecule has 0 aliphatic rings. The Morgan fingerprint density at radius 2 is 1.59 bits per heavy atom. The number of hydrogen-bond acceptors (Lipinski definition) is 7. The molecule has 1 heterocycles. The van der Waals surface area contributed by atoms with E-state index in [0.717, 1.165) is 0 Å². The molecule has 0 radical (unpaired) electrons. The Hall–Kier alpha value is -3.17. The van der Waals surface area contributed by atoms with Crippen molar-refractivity contribution in [2.75, 3.05) is 7.11 Å². The number of methoxy groups -OCH3 is 1. The van der Waals surface area contributed by atoms with Crippen molar-refractivity contribution in [2.45, 2.75) is 97.4 Å². The Morgan fingerprint density at radius 3 is 2.07 bits per heavy atom. The monoisotopic (exact) mass is 585 g/mol. The second kappa shape index (κ2) is 13.7. The molecular weight excluding hydrogens is 541 g/mol. The second-order valence-corrected chi connectivity index (χ2v) is 17.2. The molecule has 2 aromatic rings. The summed E-state index contributed by atoms with van der Waals surface area (Å²) in [4.78, 5) is 42.7. The third kappa shape index (κ3) is 8.66. The summed E-state index contributed by atoms with van der Waals surface area (Å²) in [6.45, 7) is 18.0. The van der Waals surface area contributed by atoms with Crippen LogP contribution in [-0.2, 0) is 18.8 Å². The van der Waals surface area contributed by atoms with Gasteiger partial charge in [0.15, 0.2) is 0 Å². The first kappa shape index (κ1) is 34.0. The summed E-state index contributed by atoms with van der Waals surface area (Å²) >= 11 is 0. The summed E-state index contributed by atoms with van der Waals surface area (Å²) in [5.41, 5.74) is 3.24. The lowest BCUT2D eigenvalue weighted by molar-refractivity contribution is -0.143. The molecule has 1 aromatic heterocycles. The Kier molecular flexibility index (Phi) is 11.3. The van der Waals surface area contributed by atoms with E-state index >= 15 is 0 Å². The van der Waals surface area contributed by atoms with Crippen LogP contribution in [0.4, 0.5) is 4.39 Å². The van der Waals surface area contributed by atoms with Gasteiger partial charge in [-0.3, -0.25) is 14.6 Å². The molecule has 1 N–H and O–H groups in total. The largest absolute Gasteiger partial charge is 0.516 e. The number of nitrogens with zero attached hydrogens (tertiary/aromatic N) is 1. The van der Waals surface area contributed by atoms with Crippen LogP contribution in [0.5, 0.6) is 0 Å². The lowest BCUT2D eigenvalue weighted by Gasteiger charge is -2.36. The van der Waals surface area contributed by atoms with E-state index in [1.165, 1.54) is 25.3 Å². The predicted molar refractivity (Wildman–Crippen MR) is 162 cm³/mol. The molecule has 1 atom stereocenters. The molecule has 9 heteroatoms. The highest BCUT2D eigenvalue weighted by Crippen LogP contribution is 2.41. The van der Waals surface area contributed by atoms with Crippen LogP contribution in [0.1, 0.15) is 100 Å². The molecule has 224 valence electrons. The van der Waals surface area contributed by atoms with Crippen LogP contribution in [-0.4, -0.2) is 49.3 Å². The smallest absolute Gasteiger partial charge is 0.327 e. The standard InChI is InChI=1S/C32H44FNO6Si/c1-19(2)29-25(16-15-23(35)17-24(36)18-26(37)39-8)27(21-11-13-22(33)14-12-21)28(30(34-29)20(3)4)31(38)40-41(9,10)32(5,6)7/h11-16,19-20,23,35H,17-18H2,1-10H3/b16-15+. The van der Waals surface area contributed by atoms with Crippen molar-refractivity contribution in [3.63, 3.8) is 0 Å². The number of hydrogen-bond donors (Lipinski definition) is 1. The van der Waals surface area contributed by atoms with Gasteiger partial charge < -0.3 is 14.3 Å². The number of aliphatic hydroxyl groups is 1. The highest BCUT2D eigenvalue weighted by molar-refractivity contribution is 6.75. The number of carbonyl (C=O) groups is 3. The van der Waals surface area contributed by atoms with Gasteiger partial charge in [0, 0.05) is 17.5 Å². The Balaban J connectivity index is 2.84. The van der Waals surface area contributed by atoms with Crippen molar-refractivity contribution in [2.24, 2.45) is 0 Å². The van der Waals surface area contributed by atoms with Gasteiger partial charge in [0.1, 0.15) is 18.0 Å². The third-order valence-electron chi connectivity index (χ3n) is 7.37. The zero-order valence-corrected chi connectivity index (χ0v) is 26.9. The number of pyridine rings is 1. The van der Waals surface area contributed by atoms with Crippen LogP contribution in [0, 0.1) is 5.82 Å². The number of ketones is 1. The van der Waals surface area contributed by atoms with Crippen LogP contribution >= 0.6 is 0 Å². The topological polar surface area (TPSA) is 103 Å². The molecule has 0 saturated carbocycles. The van der Waals surface area contributed by atoms with E-state index in [1.54, 1.807) is 18.2 Å². The van der Waals surface area contributed by atoms with Crippen molar-refractivity contribution in [3.05, 3.63) is 58.7 Å². The Bertz CT molecular complexity index is 1290. The minimum Gasteiger partial charge on any atom is -0.516 e. The maximum atomic E-state index is 14.1. The predicted octanol–water partition coefficient (Wildman–Crippen LogP) is 7.19. The van der Waals surface area contributed by atoms with Gasteiger partial charge in [-0.2, -0.15) is 0 Å². The van der Waals surface area contributed by atoms with E-state index < -0.39 is 44.4 Å². The van der Waals surface area contributed by atoms with Crippen molar-refractivity contribution >= 4 is 32.1 Å². The van der Waals surface area contributed by atoms with Crippen molar-refractivity contribution in [3.8, 4) is 11.1 Å².